The Kier molecular flexibility index (Phi) is 4.86. The number of carbonyl (C=O) groups excluding carboxylic acids is 1. The number of ether oxygens (including phenoxy) is 1. The Morgan fingerprint density at radius 1 is 1.22 bits per heavy atom. The maximum Gasteiger partial charge on any atom is 0.263 e. The van der Waals surface area contributed by atoms with Crippen molar-refractivity contribution in [3.05, 3.63) is 82.5 Å². The first-order valence-electron chi connectivity index (χ1n) is 10.0. The van der Waals surface area contributed by atoms with E-state index in [0.717, 1.165) is 6.20 Å². The highest BCUT2D eigenvalue weighted by Crippen LogP contribution is 2.41. The summed E-state index contributed by atoms with van der Waals surface area (Å²) in [5, 5.41) is 9.51. The molecular weight excluding hydrogens is 414 g/mol. The topological polar surface area (TPSA) is 78.6 Å². The van der Waals surface area contributed by atoms with Crippen LogP contribution in [0.1, 0.15) is 29.7 Å². The molecule has 0 spiro atoms. The average molecular weight is 430 g/mol. The molecule has 8 heteroatoms. The lowest BCUT2D eigenvalue weighted by Crippen LogP contribution is -2.35. The van der Waals surface area contributed by atoms with E-state index in [9.17, 15) is 18.8 Å². The largest absolute Gasteiger partial charge is 0.485 e. The second-order valence-corrected chi connectivity index (χ2v) is 7.40. The minimum atomic E-state index is -0.698. The Morgan fingerprint density at radius 3 is 2.88 bits per heavy atom. The van der Waals surface area contributed by atoms with Gasteiger partial charge in [-0.25, -0.2) is 13.8 Å². The van der Waals surface area contributed by atoms with Gasteiger partial charge in [-0.1, -0.05) is 24.3 Å². The Bertz CT molecular complexity index is 1320. The zero-order valence-electron chi connectivity index (χ0n) is 16.8. The summed E-state index contributed by atoms with van der Waals surface area (Å²) in [6, 6.07) is 7.32. The molecular formula is C24H16F2N4O2. The van der Waals surface area contributed by atoms with Crippen LogP contribution in [0.25, 0.3) is 11.1 Å². The number of rotatable bonds is 2. The van der Waals surface area contributed by atoms with E-state index in [0.29, 0.717) is 41.4 Å². The number of aromatic nitrogens is 1. The van der Waals surface area contributed by atoms with Crippen molar-refractivity contribution in [3.63, 3.8) is 0 Å². The van der Waals surface area contributed by atoms with Crippen LogP contribution >= 0.6 is 0 Å². The number of pyridine rings is 1. The van der Waals surface area contributed by atoms with Crippen LogP contribution in [-0.4, -0.2) is 35.2 Å². The van der Waals surface area contributed by atoms with Gasteiger partial charge in [-0.05, 0) is 18.9 Å². The molecule has 0 aliphatic carbocycles. The van der Waals surface area contributed by atoms with Gasteiger partial charge in [-0.3, -0.25) is 14.7 Å². The average Bonchev–Trinajstić information content (AvgIpc) is 2.95. The fourth-order valence-electron chi connectivity index (χ4n) is 4.08. The maximum absolute atomic E-state index is 14.3. The summed E-state index contributed by atoms with van der Waals surface area (Å²) in [6.45, 7) is 0.641. The van der Waals surface area contributed by atoms with Gasteiger partial charge < -0.3 is 4.74 Å². The van der Waals surface area contributed by atoms with Crippen molar-refractivity contribution in [1.29, 1.82) is 5.26 Å². The van der Waals surface area contributed by atoms with E-state index in [4.69, 9.17) is 4.74 Å². The zero-order valence-corrected chi connectivity index (χ0v) is 16.8. The molecule has 6 nitrogen and oxygen atoms in total. The normalized spacial score (nSPS) is 17.5. The number of nitriles is 1. The predicted octanol–water partition coefficient (Wildman–Crippen LogP) is 4.01. The molecule has 4 heterocycles. The van der Waals surface area contributed by atoms with Gasteiger partial charge in [0.15, 0.2) is 0 Å². The first-order chi connectivity index (χ1) is 15.6. The van der Waals surface area contributed by atoms with Crippen molar-refractivity contribution in [1.82, 2.24) is 9.88 Å². The molecule has 3 aliphatic heterocycles. The second kappa shape index (κ2) is 7.85. The summed E-state index contributed by atoms with van der Waals surface area (Å²) >= 11 is 0. The van der Waals surface area contributed by atoms with Crippen molar-refractivity contribution in [3.8, 4) is 11.8 Å². The smallest absolute Gasteiger partial charge is 0.263 e. The summed E-state index contributed by atoms with van der Waals surface area (Å²) in [5.74, 6) is -1.35. The van der Waals surface area contributed by atoms with Gasteiger partial charge >= 0.3 is 0 Å². The predicted molar refractivity (Wildman–Crippen MR) is 113 cm³/mol. The first-order valence-corrected chi connectivity index (χ1v) is 10.0. The lowest BCUT2D eigenvalue weighted by atomic mass is 9.97. The van der Waals surface area contributed by atoms with E-state index in [1.807, 2.05) is 12.1 Å². The highest BCUT2D eigenvalue weighted by molar-refractivity contribution is 6.23. The second-order valence-electron chi connectivity index (χ2n) is 7.40. The highest BCUT2D eigenvalue weighted by atomic mass is 19.1. The standard InChI is InChI=1S/C24H16F2N4O2/c25-14-9-22-23(29-11-14)18-7-6-17(16-4-1-5-20(26)19(16)10-27)24(31)30(21(18)13-32-22)15-3-2-8-28-12-15/h1,3-6,9,11-12H,2,7-8,13H2. The monoisotopic (exact) mass is 430 g/mol. The van der Waals surface area contributed by atoms with Crippen LogP contribution in [0, 0.1) is 23.0 Å². The lowest BCUT2D eigenvalue weighted by Gasteiger charge is -2.31. The van der Waals surface area contributed by atoms with Gasteiger partial charge in [-0.15, -0.1) is 0 Å². The van der Waals surface area contributed by atoms with Gasteiger partial charge in [0.05, 0.1) is 23.2 Å². The minimum Gasteiger partial charge on any atom is -0.485 e. The van der Waals surface area contributed by atoms with Crippen LogP contribution in [-0.2, 0) is 4.79 Å². The molecule has 0 saturated carbocycles. The Morgan fingerprint density at radius 2 is 2.09 bits per heavy atom. The zero-order chi connectivity index (χ0) is 22.2. The third-order valence-corrected chi connectivity index (χ3v) is 5.54. The molecule has 2 aromatic rings. The molecule has 0 radical (unpaired) electrons. The molecule has 0 saturated heterocycles. The first kappa shape index (κ1) is 19.8. The van der Waals surface area contributed by atoms with Crippen molar-refractivity contribution < 1.29 is 18.3 Å². The lowest BCUT2D eigenvalue weighted by molar-refractivity contribution is -0.121. The molecule has 0 atom stereocenters. The van der Waals surface area contributed by atoms with E-state index in [1.165, 1.54) is 23.1 Å². The van der Waals surface area contributed by atoms with Crippen molar-refractivity contribution >= 4 is 23.3 Å². The van der Waals surface area contributed by atoms with E-state index >= 15 is 0 Å². The molecule has 0 N–H and O–H groups in total. The van der Waals surface area contributed by atoms with E-state index in [2.05, 4.69) is 9.98 Å². The maximum atomic E-state index is 14.3. The summed E-state index contributed by atoms with van der Waals surface area (Å²) in [5.41, 5.74) is 2.46. The summed E-state index contributed by atoms with van der Waals surface area (Å²) in [7, 11) is 0. The third-order valence-electron chi connectivity index (χ3n) is 5.54. The number of amides is 1. The molecule has 0 unspecified atom stereocenters. The minimum absolute atomic E-state index is 0.0275. The number of fused-ring (bicyclic) bond motifs is 2. The summed E-state index contributed by atoms with van der Waals surface area (Å²) in [6.07, 6.45) is 7.19. The number of dihydropyridines is 1. The van der Waals surface area contributed by atoms with Crippen LogP contribution < -0.4 is 4.74 Å². The fraction of sp³-hybridized carbons (Fsp3) is 0.167. The molecule has 3 aliphatic rings. The van der Waals surface area contributed by atoms with Crippen LogP contribution in [0.3, 0.4) is 0 Å². The molecule has 1 aromatic heterocycles. The van der Waals surface area contributed by atoms with Gasteiger partial charge in [0.25, 0.3) is 5.91 Å². The van der Waals surface area contributed by atoms with E-state index in [-0.39, 0.29) is 29.7 Å². The number of nitrogens with zero attached hydrogens (tertiary/aromatic N) is 4. The van der Waals surface area contributed by atoms with E-state index < -0.39 is 17.5 Å². The highest BCUT2D eigenvalue weighted by Gasteiger charge is 2.35. The van der Waals surface area contributed by atoms with Gasteiger partial charge in [0.1, 0.15) is 35.8 Å². The molecule has 1 aromatic carbocycles. The number of hydrogen-bond acceptors (Lipinski definition) is 5. The van der Waals surface area contributed by atoms with Crippen LogP contribution in [0.2, 0.25) is 0 Å². The van der Waals surface area contributed by atoms with Crippen molar-refractivity contribution in [2.24, 2.45) is 4.99 Å². The van der Waals surface area contributed by atoms with Crippen molar-refractivity contribution in [2.45, 2.75) is 12.8 Å². The number of allylic oxidation sites excluding steroid dienone is 3. The van der Waals surface area contributed by atoms with Crippen LogP contribution in [0.5, 0.6) is 5.75 Å². The quantitative estimate of drug-likeness (QED) is 0.721. The number of benzene rings is 1. The van der Waals surface area contributed by atoms with Crippen molar-refractivity contribution in [2.75, 3.05) is 13.2 Å². The Balaban J connectivity index is 1.72. The SMILES string of the molecule is N#Cc1c(F)cccc1C1=CCC2=C(COc3cc(F)cnc32)N(C2=CCCN=C2)C1=O. The van der Waals surface area contributed by atoms with E-state index in [1.54, 1.807) is 18.4 Å². The van der Waals surface area contributed by atoms with Gasteiger partial charge in [-0.2, -0.15) is 5.26 Å². The third kappa shape index (κ3) is 3.19. The molecule has 158 valence electrons. The van der Waals surface area contributed by atoms with Gasteiger partial charge in [0, 0.05) is 35.5 Å². The molecule has 0 fully saturated rings. The molecule has 0 bridgehead atoms. The number of carbonyl (C=O) groups is 1. The molecule has 1 amide bonds. The number of aliphatic imine (C=N–C) groups is 1. The van der Waals surface area contributed by atoms with Gasteiger partial charge in [0.2, 0.25) is 0 Å². The number of halogens is 2. The molecule has 5 rings (SSSR count). The van der Waals surface area contributed by atoms with Crippen LogP contribution in [0.15, 0.2) is 59.0 Å². The number of hydrogen-bond donors (Lipinski definition) is 0. The fourth-order valence-corrected chi connectivity index (χ4v) is 4.08. The van der Waals surface area contributed by atoms with Crippen LogP contribution in [0.4, 0.5) is 8.78 Å². The summed E-state index contributed by atoms with van der Waals surface area (Å²) in [4.78, 5) is 23.8. The Hall–Kier alpha value is -4.12. The Labute approximate surface area is 182 Å². The summed E-state index contributed by atoms with van der Waals surface area (Å²) < 4.78 is 33.8. The molecule has 32 heavy (non-hydrogen) atoms.